The molecule has 1 heterocycles. The molecule has 8 heteroatoms. The quantitative estimate of drug-likeness (QED) is 0.532. The number of hydrogen-bond acceptors (Lipinski definition) is 6. The third-order valence-corrected chi connectivity index (χ3v) is 4.96. The number of hydrogen-bond donors (Lipinski definition) is 1. The number of amides is 1. The molecule has 132 valence electrons. The Morgan fingerprint density at radius 2 is 1.88 bits per heavy atom. The number of Topliss-reactive ketones (excluding diaryl/α,β-unsaturated/α-hetero) is 1. The van der Waals surface area contributed by atoms with Gasteiger partial charge in [-0.05, 0) is 35.0 Å². The summed E-state index contributed by atoms with van der Waals surface area (Å²) in [6.45, 7) is 1.49. The second kappa shape index (κ2) is 7.92. The van der Waals surface area contributed by atoms with Crippen molar-refractivity contribution in [1.82, 2.24) is 20.2 Å². The maximum atomic E-state index is 12.9. The normalized spacial score (nSPS) is 11.8. The maximum Gasteiger partial charge on any atom is 0.242 e. The van der Waals surface area contributed by atoms with Crippen LogP contribution < -0.4 is 5.32 Å². The molecule has 0 bridgehead atoms. The monoisotopic (exact) mass is 367 g/mol. The van der Waals surface area contributed by atoms with Crippen molar-refractivity contribution in [3.05, 3.63) is 65.7 Å². The summed E-state index contributed by atoms with van der Waals surface area (Å²) in [6, 6.07) is 16.3. The number of tetrazole rings is 1. The van der Waals surface area contributed by atoms with Crippen molar-refractivity contribution >= 4 is 29.1 Å². The molecule has 0 fully saturated rings. The number of nitrogens with zero attached hydrogens (tertiary/aromatic N) is 4. The Kier molecular flexibility index (Phi) is 5.43. The standard InChI is InChI=1S/C18H17N5O2S/c1-12(24)14-9-6-10-15(11-14)19-17(25)16(13-7-4-3-5-8-13)26-18-20-21-22-23(18)2/h3-11,16H,1-2H3,(H,19,25)/t16-/m0/s1. The van der Waals surface area contributed by atoms with Crippen molar-refractivity contribution in [3.63, 3.8) is 0 Å². The average Bonchev–Trinajstić information content (AvgIpc) is 3.05. The van der Waals surface area contributed by atoms with Gasteiger partial charge in [0.05, 0.1) is 0 Å². The number of aryl methyl sites for hydroxylation is 1. The summed E-state index contributed by atoms with van der Waals surface area (Å²) < 4.78 is 1.52. The SMILES string of the molecule is CC(=O)c1cccc(NC(=O)[C@@H](Sc2nnnn2C)c2ccccc2)c1. The first-order valence-corrected chi connectivity index (χ1v) is 8.78. The van der Waals surface area contributed by atoms with Crippen LogP contribution in [0.4, 0.5) is 5.69 Å². The van der Waals surface area contributed by atoms with Gasteiger partial charge in [0.1, 0.15) is 5.25 Å². The zero-order valence-electron chi connectivity index (χ0n) is 14.3. The van der Waals surface area contributed by atoms with Crippen LogP contribution in [0.2, 0.25) is 0 Å². The number of anilines is 1. The fourth-order valence-corrected chi connectivity index (χ4v) is 3.29. The second-order valence-electron chi connectivity index (χ2n) is 5.62. The van der Waals surface area contributed by atoms with E-state index in [9.17, 15) is 9.59 Å². The van der Waals surface area contributed by atoms with Gasteiger partial charge >= 0.3 is 0 Å². The first-order chi connectivity index (χ1) is 12.5. The largest absolute Gasteiger partial charge is 0.325 e. The molecule has 0 aliphatic rings. The lowest BCUT2D eigenvalue weighted by molar-refractivity contribution is -0.115. The molecule has 0 radical (unpaired) electrons. The number of ketones is 1. The Morgan fingerprint density at radius 1 is 1.12 bits per heavy atom. The molecule has 1 aromatic heterocycles. The molecule has 7 nitrogen and oxygen atoms in total. The van der Waals surface area contributed by atoms with Crippen molar-refractivity contribution in [3.8, 4) is 0 Å². The Bertz CT molecular complexity index is 926. The van der Waals surface area contributed by atoms with Gasteiger partial charge in [-0.25, -0.2) is 4.68 Å². The number of nitrogens with one attached hydrogen (secondary N) is 1. The van der Waals surface area contributed by atoms with Gasteiger partial charge in [0.25, 0.3) is 0 Å². The van der Waals surface area contributed by atoms with Crippen LogP contribution in [0.3, 0.4) is 0 Å². The van der Waals surface area contributed by atoms with Crippen LogP contribution in [0.1, 0.15) is 28.1 Å². The number of aromatic nitrogens is 4. The minimum absolute atomic E-state index is 0.0553. The van der Waals surface area contributed by atoms with E-state index in [-0.39, 0.29) is 11.7 Å². The predicted octanol–water partition coefficient (Wildman–Crippen LogP) is 2.88. The summed E-state index contributed by atoms with van der Waals surface area (Å²) in [5, 5.41) is 14.2. The van der Waals surface area contributed by atoms with Crippen LogP contribution in [-0.2, 0) is 11.8 Å². The molecule has 3 rings (SSSR count). The number of carbonyl (C=O) groups excluding carboxylic acids is 2. The van der Waals surface area contributed by atoms with E-state index < -0.39 is 5.25 Å². The highest BCUT2D eigenvalue weighted by Gasteiger charge is 2.24. The summed E-state index contributed by atoms with van der Waals surface area (Å²) in [7, 11) is 1.72. The van der Waals surface area contributed by atoms with E-state index in [4.69, 9.17) is 0 Å². The van der Waals surface area contributed by atoms with Gasteiger partial charge in [-0.15, -0.1) is 5.10 Å². The van der Waals surface area contributed by atoms with Crippen LogP contribution in [-0.4, -0.2) is 31.9 Å². The molecule has 0 saturated carbocycles. The molecular formula is C18H17N5O2S. The minimum Gasteiger partial charge on any atom is -0.325 e. The zero-order chi connectivity index (χ0) is 18.5. The van der Waals surface area contributed by atoms with Gasteiger partial charge in [-0.3, -0.25) is 9.59 Å². The molecule has 0 unspecified atom stereocenters. The van der Waals surface area contributed by atoms with Crippen LogP contribution in [0.25, 0.3) is 0 Å². The van der Waals surface area contributed by atoms with E-state index in [0.29, 0.717) is 16.4 Å². The van der Waals surface area contributed by atoms with Crippen molar-refractivity contribution in [2.24, 2.45) is 7.05 Å². The average molecular weight is 367 g/mol. The van der Waals surface area contributed by atoms with Crippen molar-refractivity contribution in [2.45, 2.75) is 17.3 Å². The van der Waals surface area contributed by atoms with E-state index in [1.807, 2.05) is 30.3 Å². The molecule has 0 aliphatic carbocycles. The van der Waals surface area contributed by atoms with Gasteiger partial charge in [0.15, 0.2) is 5.78 Å². The van der Waals surface area contributed by atoms with Crippen LogP contribution in [0, 0.1) is 0 Å². The summed E-state index contributed by atoms with van der Waals surface area (Å²) in [4.78, 5) is 24.5. The minimum atomic E-state index is -0.540. The third kappa shape index (κ3) is 4.15. The number of benzene rings is 2. The molecular weight excluding hydrogens is 350 g/mol. The molecule has 0 spiro atoms. The van der Waals surface area contributed by atoms with Gasteiger partial charge in [-0.1, -0.05) is 54.2 Å². The second-order valence-corrected chi connectivity index (χ2v) is 6.69. The topological polar surface area (TPSA) is 89.8 Å². The Hall–Kier alpha value is -3.00. The maximum absolute atomic E-state index is 12.9. The van der Waals surface area contributed by atoms with E-state index in [1.54, 1.807) is 31.3 Å². The highest BCUT2D eigenvalue weighted by atomic mass is 32.2. The Labute approximate surface area is 154 Å². The van der Waals surface area contributed by atoms with Crippen molar-refractivity contribution < 1.29 is 9.59 Å². The summed E-state index contributed by atoms with van der Waals surface area (Å²) in [5.74, 6) is -0.273. The Morgan fingerprint density at radius 3 is 2.54 bits per heavy atom. The fourth-order valence-electron chi connectivity index (χ4n) is 2.35. The molecule has 1 amide bonds. The van der Waals surface area contributed by atoms with Crippen LogP contribution >= 0.6 is 11.8 Å². The zero-order valence-corrected chi connectivity index (χ0v) is 15.1. The number of rotatable bonds is 6. The lowest BCUT2D eigenvalue weighted by Crippen LogP contribution is -2.19. The van der Waals surface area contributed by atoms with Gasteiger partial charge in [-0.2, -0.15) is 0 Å². The lowest BCUT2D eigenvalue weighted by Gasteiger charge is -2.16. The molecule has 1 N–H and O–H groups in total. The van der Waals surface area contributed by atoms with E-state index in [1.165, 1.54) is 23.4 Å². The highest BCUT2D eigenvalue weighted by Crippen LogP contribution is 2.34. The van der Waals surface area contributed by atoms with Crippen LogP contribution in [0.15, 0.2) is 59.8 Å². The fraction of sp³-hybridized carbons (Fsp3) is 0.167. The molecule has 2 aromatic carbocycles. The Balaban J connectivity index is 1.86. The molecule has 26 heavy (non-hydrogen) atoms. The van der Waals surface area contributed by atoms with Crippen molar-refractivity contribution in [1.29, 1.82) is 0 Å². The summed E-state index contributed by atoms with van der Waals surface area (Å²) >= 11 is 1.26. The van der Waals surface area contributed by atoms with Gasteiger partial charge < -0.3 is 5.32 Å². The van der Waals surface area contributed by atoms with Gasteiger partial charge in [0, 0.05) is 18.3 Å². The summed E-state index contributed by atoms with van der Waals surface area (Å²) in [5.41, 5.74) is 1.95. The number of thioether (sulfide) groups is 1. The first kappa shape index (κ1) is 17.8. The van der Waals surface area contributed by atoms with E-state index in [2.05, 4.69) is 20.8 Å². The highest BCUT2D eigenvalue weighted by molar-refractivity contribution is 8.00. The van der Waals surface area contributed by atoms with Crippen molar-refractivity contribution in [2.75, 3.05) is 5.32 Å². The number of carbonyl (C=O) groups is 2. The smallest absolute Gasteiger partial charge is 0.242 e. The summed E-state index contributed by atoms with van der Waals surface area (Å²) in [6.07, 6.45) is 0. The molecule has 3 aromatic rings. The van der Waals surface area contributed by atoms with Crippen LogP contribution in [0.5, 0.6) is 0 Å². The van der Waals surface area contributed by atoms with Gasteiger partial charge in [0.2, 0.25) is 11.1 Å². The first-order valence-electron chi connectivity index (χ1n) is 7.90. The third-order valence-electron chi connectivity index (χ3n) is 3.68. The predicted molar refractivity (Wildman–Crippen MR) is 98.9 cm³/mol. The molecule has 0 aliphatic heterocycles. The molecule has 0 saturated heterocycles. The molecule has 1 atom stereocenters. The van der Waals surface area contributed by atoms with E-state index >= 15 is 0 Å². The van der Waals surface area contributed by atoms with E-state index in [0.717, 1.165) is 5.56 Å². The lowest BCUT2D eigenvalue weighted by atomic mass is 10.1.